The van der Waals surface area contributed by atoms with E-state index in [0.29, 0.717) is 30.4 Å². The number of hydrogen-bond acceptors (Lipinski definition) is 5. The average Bonchev–Trinajstić information content (AvgIpc) is 2.92. The molecule has 22 heavy (non-hydrogen) atoms. The number of nitrogens with one attached hydrogen (secondary N) is 2. The SMILES string of the molecule is Cc1nc(-c2cccc(NC(=O)NCC(C)CCO)c2)no1. The molecule has 3 N–H and O–H groups in total. The van der Waals surface area contributed by atoms with Crippen molar-refractivity contribution in [1.82, 2.24) is 15.5 Å². The Kier molecular flexibility index (Phi) is 5.48. The summed E-state index contributed by atoms with van der Waals surface area (Å²) in [5, 5.41) is 18.2. The van der Waals surface area contributed by atoms with E-state index in [1.54, 1.807) is 19.1 Å². The summed E-state index contributed by atoms with van der Waals surface area (Å²) in [6, 6.07) is 6.93. The summed E-state index contributed by atoms with van der Waals surface area (Å²) in [6.07, 6.45) is 0.660. The number of aryl methyl sites for hydroxylation is 1. The lowest BCUT2D eigenvalue weighted by Crippen LogP contribution is -2.32. The number of carbonyl (C=O) groups excluding carboxylic acids is 1. The molecule has 2 amide bonds. The molecule has 1 heterocycles. The number of nitrogens with zero attached hydrogens (tertiary/aromatic N) is 2. The first-order valence-corrected chi connectivity index (χ1v) is 7.15. The van der Waals surface area contributed by atoms with E-state index in [0.717, 1.165) is 5.56 Å². The van der Waals surface area contributed by atoms with Gasteiger partial charge in [-0.3, -0.25) is 0 Å². The van der Waals surface area contributed by atoms with E-state index in [1.165, 1.54) is 0 Å². The van der Waals surface area contributed by atoms with Crippen molar-refractivity contribution in [2.45, 2.75) is 20.3 Å². The highest BCUT2D eigenvalue weighted by Crippen LogP contribution is 2.19. The van der Waals surface area contributed by atoms with E-state index >= 15 is 0 Å². The maximum absolute atomic E-state index is 11.8. The van der Waals surface area contributed by atoms with E-state index < -0.39 is 0 Å². The van der Waals surface area contributed by atoms with Gasteiger partial charge in [-0.1, -0.05) is 24.2 Å². The number of anilines is 1. The van der Waals surface area contributed by atoms with Gasteiger partial charge in [0.25, 0.3) is 0 Å². The minimum absolute atomic E-state index is 0.122. The van der Waals surface area contributed by atoms with Crippen molar-refractivity contribution >= 4 is 11.7 Å². The van der Waals surface area contributed by atoms with Gasteiger partial charge in [-0.2, -0.15) is 4.98 Å². The number of hydrogen-bond donors (Lipinski definition) is 3. The Labute approximate surface area is 128 Å². The predicted octanol–water partition coefficient (Wildman–Crippen LogP) is 2.19. The molecule has 0 bridgehead atoms. The van der Waals surface area contributed by atoms with Crippen molar-refractivity contribution in [3.63, 3.8) is 0 Å². The van der Waals surface area contributed by atoms with Gasteiger partial charge in [-0.15, -0.1) is 0 Å². The highest BCUT2D eigenvalue weighted by Gasteiger charge is 2.08. The smallest absolute Gasteiger partial charge is 0.319 e. The molecule has 0 spiro atoms. The molecule has 7 heteroatoms. The highest BCUT2D eigenvalue weighted by atomic mass is 16.5. The van der Waals surface area contributed by atoms with Crippen molar-refractivity contribution in [2.75, 3.05) is 18.5 Å². The number of aromatic nitrogens is 2. The third-order valence-corrected chi connectivity index (χ3v) is 3.14. The molecular weight excluding hydrogens is 284 g/mol. The molecule has 1 unspecified atom stereocenters. The fraction of sp³-hybridized carbons (Fsp3) is 0.400. The van der Waals surface area contributed by atoms with E-state index in [9.17, 15) is 4.79 Å². The average molecular weight is 304 g/mol. The van der Waals surface area contributed by atoms with Crippen molar-refractivity contribution in [1.29, 1.82) is 0 Å². The maximum atomic E-state index is 11.8. The van der Waals surface area contributed by atoms with Crippen LogP contribution in [0.15, 0.2) is 28.8 Å². The van der Waals surface area contributed by atoms with E-state index in [-0.39, 0.29) is 18.6 Å². The summed E-state index contributed by atoms with van der Waals surface area (Å²) >= 11 is 0. The van der Waals surface area contributed by atoms with Gasteiger partial charge < -0.3 is 20.3 Å². The summed E-state index contributed by atoms with van der Waals surface area (Å²) in [5.74, 6) is 1.20. The van der Waals surface area contributed by atoms with Crippen LogP contribution < -0.4 is 10.6 Å². The molecule has 7 nitrogen and oxygen atoms in total. The van der Waals surface area contributed by atoms with Crippen LogP contribution in [0, 0.1) is 12.8 Å². The van der Waals surface area contributed by atoms with Crippen molar-refractivity contribution in [3.8, 4) is 11.4 Å². The van der Waals surface area contributed by atoms with Gasteiger partial charge >= 0.3 is 6.03 Å². The summed E-state index contributed by atoms with van der Waals surface area (Å²) in [6.45, 7) is 4.32. The molecule has 1 aromatic heterocycles. The zero-order chi connectivity index (χ0) is 15.9. The lowest BCUT2D eigenvalue weighted by atomic mass is 10.1. The molecule has 2 rings (SSSR count). The Morgan fingerprint density at radius 1 is 1.45 bits per heavy atom. The Hall–Kier alpha value is -2.41. The Morgan fingerprint density at radius 2 is 2.27 bits per heavy atom. The Bertz CT molecular complexity index is 627. The maximum Gasteiger partial charge on any atom is 0.319 e. The van der Waals surface area contributed by atoms with Crippen LogP contribution >= 0.6 is 0 Å². The van der Waals surface area contributed by atoms with Crippen LogP contribution in [0.4, 0.5) is 10.5 Å². The van der Waals surface area contributed by atoms with Gasteiger partial charge in [-0.05, 0) is 24.5 Å². The fourth-order valence-electron chi connectivity index (χ4n) is 1.92. The first kappa shape index (κ1) is 16.0. The topological polar surface area (TPSA) is 100 Å². The van der Waals surface area contributed by atoms with Crippen LogP contribution in [0.5, 0.6) is 0 Å². The van der Waals surface area contributed by atoms with Gasteiger partial charge in [0.1, 0.15) is 0 Å². The Balaban J connectivity index is 1.94. The van der Waals surface area contributed by atoms with E-state index in [4.69, 9.17) is 9.63 Å². The number of carbonyl (C=O) groups is 1. The van der Waals surface area contributed by atoms with Crippen molar-refractivity contribution in [3.05, 3.63) is 30.2 Å². The second kappa shape index (κ2) is 7.56. The number of aliphatic hydroxyl groups is 1. The van der Waals surface area contributed by atoms with E-state index in [1.807, 2.05) is 19.1 Å². The number of urea groups is 1. The molecular formula is C15H20N4O3. The predicted molar refractivity (Wildman–Crippen MR) is 82.4 cm³/mol. The zero-order valence-electron chi connectivity index (χ0n) is 12.7. The van der Waals surface area contributed by atoms with Gasteiger partial charge in [0, 0.05) is 31.3 Å². The second-order valence-electron chi connectivity index (χ2n) is 5.17. The number of amides is 2. The minimum Gasteiger partial charge on any atom is -0.396 e. The molecule has 0 aliphatic heterocycles. The standard InChI is InChI=1S/C15H20N4O3/c1-10(6-7-20)9-16-15(21)18-13-5-3-4-12(8-13)14-17-11(2)22-19-14/h3-5,8,10,20H,6-7,9H2,1-2H3,(H2,16,18,21). The zero-order valence-corrected chi connectivity index (χ0v) is 12.7. The molecule has 118 valence electrons. The van der Waals surface area contributed by atoms with Gasteiger partial charge in [-0.25, -0.2) is 4.79 Å². The quantitative estimate of drug-likeness (QED) is 0.759. The highest BCUT2D eigenvalue weighted by molar-refractivity contribution is 5.89. The minimum atomic E-state index is -0.286. The lowest BCUT2D eigenvalue weighted by Gasteiger charge is -2.12. The normalized spacial score (nSPS) is 12.0. The first-order valence-electron chi connectivity index (χ1n) is 7.15. The second-order valence-corrected chi connectivity index (χ2v) is 5.17. The van der Waals surface area contributed by atoms with Crippen molar-refractivity contribution in [2.24, 2.45) is 5.92 Å². The monoisotopic (exact) mass is 304 g/mol. The van der Waals surface area contributed by atoms with Crippen LogP contribution in [-0.4, -0.2) is 34.4 Å². The summed E-state index contributed by atoms with van der Waals surface area (Å²) in [7, 11) is 0. The molecule has 0 saturated carbocycles. The fourth-order valence-corrected chi connectivity index (χ4v) is 1.92. The molecule has 0 aliphatic rings. The van der Waals surface area contributed by atoms with Crippen LogP contribution in [0.25, 0.3) is 11.4 Å². The lowest BCUT2D eigenvalue weighted by molar-refractivity contribution is 0.243. The van der Waals surface area contributed by atoms with Gasteiger partial charge in [0.05, 0.1) is 0 Å². The van der Waals surface area contributed by atoms with Gasteiger partial charge in [0.15, 0.2) is 0 Å². The van der Waals surface area contributed by atoms with E-state index in [2.05, 4.69) is 20.8 Å². The van der Waals surface area contributed by atoms with Crippen molar-refractivity contribution < 1.29 is 14.4 Å². The molecule has 2 aromatic rings. The summed E-state index contributed by atoms with van der Waals surface area (Å²) in [4.78, 5) is 16.0. The molecule has 1 atom stereocenters. The summed E-state index contributed by atoms with van der Waals surface area (Å²) in [5.41, 5.74) is 1.41. The molecule has 1 aromatic carbocycles. The van der Waals surface area contributed by atoms with Crippen LogP contribution in [0.3, 0.4) is 0 Å². The number of aliphatic hydroxyl groups excluding tert-OH is 1. The Morgan fingerprint density at radius 3 is 2.95 bits per heavy atom. The number of benzene rings is 1. The third-order valence-electron chi connectivity index (χ3n) is 3.14. The van der Waals surface area contributed by atoms with Crippen LogP contribution in [-0.2, 0) is 0 Å². The third kappa shape index (κ3) is 4.56. The molecule has 0 saturated heterocycles. The van der Waals surface area contributed by atoms with Gasteiger partial charge in [0.2, 0.25) is 11.7 Å². The molecule has 0 aliphatic carbocycles. The molecule has 0 fully saturated rings. The summed E-state index contributed by atoms with van der Waals surface area (Å²) < 4.78 is 4.95. The van der Waals surface area contributed by atoms with Crippen LogP contribution in [0.2, 0.25) is 0 Å². The largest absolute Gasteiger partial charge is 0.396 e. The number of rotatable bonds is 6. The molecule has 0 radical (unpaired) electrons. The first-order chi connectivity index (χ1) is 10.6. The van der Waals surface area contributed by atoms with Crippen LogP contribution in [0.1, 0.15) is 19.2 Å².